The molecule has 1 aliphatic carbocycles. The Labute approximate surface area is 91.7 Å². The average molecular weight is 211 g/mol. The van der Waals surface area contributed by atoms with E-state index >= 15 is 0 Å². The minimum atomic E-state index is 0.267. The molecule has 0 amide bonds. The van der Waals surface area contributed by atoms with E-state index in [1.807, 2.05) is 7.11 Å². The van der Waals surface area contributed by atoms with E-state index in [1.54, 1.807) is 0 Å². The van der Waals surface area contributed by atoms with Crippen LogP contribution in [0.5, 0.6) is 0 Å². The van der Waals surface area contributed by atoms with Crippen LogP contribution >= 0.6 is 0 Å². The summed E-state index contributed by atoms with van der Waals surface area (Å²) in [5, 5.41) is 0. The Morgan fingerprint density at radius 1 is 1.27 bits per heavy atom. The molecule has 2 aliphatic heterocycles. The van der Waals surface area contributed by atoms with Crippen molar-refractivity contribution in [1.29, 1.82) is 0 Å². The second-order valence-corrected chi connectivity index (χ2v) is 5.71. The Morgan fingerprint density at radius 3 is 2.60 bits per heavy atom. The van der Waals surface area contributed by atoms with E-state index in [1.165, 1.54) is 45.3 Å². The van der Waals surface area contributed by atoms with Crippen molar-refractivity contribution in [3.05, 3.63) is 0 Å². The highest BCUT2D eigenvalue weighted by Crippen LogP contribution is 2.48. The smallest absolute Gasteiger partial charge is 0.0935 e. The highest BCUT2D eigenvalue weighted by atomic mass is 16.5. The molecule has 3 fully saturated rings. The van der Waals surface area contributed by atoms with E-state index in [0.717, 1.165) is 13.2 Å². The monoisotopic (exact) mass is 211 g/mol. The molecule has 0 unspecified atom stereocenters. The predicted molar refractivity (Wildman–Crippen MR) is 57.9 cm³/mol. The van der Waals surface area contributed by atoms with Crippen molar-refractivity contribution in [3.63, 3.8) is 0 Å². The maximum Gasteiger partial charge on any atom is 0.0935 e. The topological polar surface area (TPSA) is 21.7 Å². The maximum atomic E-state index is 5.83. The fourth-order valence-corrected chi connectivity index (χ4v) is 3.19. The third-order valence-electron chi connectivity index (χ3n) is 4.18. The van der Waals surface area contributed by atoms with Crippen LogP contribution in [0, 0.1) is 5.41 Å². The zero-order valence-electron chi connectivity index (χ0n) is 9.63. The fourth-order valence-electron chi connectivity index (χ4n) is 3.19. The van der Waals surface area contributed by atoms with Crippen molar-refractivity contribution in [2.24, 2.45) is 5.41 Å². The summed E-state index contributed by atoms with van der Waals surface area (Å²) >= 11 is 0. The molecule has 2 heterocycles. The number of rotatable bonds is 4. The summed E-state index contributed by atoms with van der Waals surface area (Å²) in [5.41, 5.74) is 0.776. The molecule has 3 aliphatic rings. The van der Waals surface area contributed by atoms with Crippen molar-refractivity contribution < 1.29 is 9.47 Å². The number of hydrogen-bond acceptors (Lipinski definition) is 3. The SMILES string of the molecule is COCC1(CN2CC3(CCCO3)C2)CC1. The van der Waals surface area contributed by atoms with Gasteiger partial charge in [-0.2, -0.15) is 0 Å². The highest BCUT2D eigenvalue weighted by Gasteiger charge is 2.51. The van der Waals surface area contributed by atoms with Gasteiger partial charge >= 0.3 is 0 Å². The summed E-state index contributed by atoms with van der Waals surface area (Å²) in [6, 6.07) is 0. The number of methoxy groups -OCH3 is 1. The van der Waals surface area contributed by atoms with E-state index in [0.29, 0.717) is 5.41 Å². The first kappa shape index (κ1) is 10.1. The van der Waals surface area contributed by atoms with Crippen LogP contribution in [-0.2, 0) is 9.47 Å². The number of ether oxygens (including phenoxy) is 2. The maximum absolute atomic E-state index is 5.83. The lowest BCUT2D eigenvalue weighted by Crippen LogP contribution is -2.62. The van der Waals surface area contributed by atoms with Gasteiger partial charge < -0.3 is 9.47 Å². The third-order valence-corrected chi connectivity index (χ3v) is 4.18. The third kappa shape index (κ3) is 1.81. The van der Waals surface area contributed by atoms with Gasteiger partial charge in [0.2, 0.25) is 0 Å². The Kier molecular flexibility index (Phi) is 2.31. The Balaban J connectivity index is 1.47. The van der Waals surface area contributed by atoms with Gasteiger partial charge in [0, 0.05) is 38.8 Å². The average Bonchev–Trinajstić information content (AvgIpc) is 2.75. The van der Waals surface area contributed by atoms with E-state index in [2.05, 4.69) is 4.90 Å². The normalized spacial score (nSPS) is 31.8. The first-order chi connectivity index (χ1) is 7.26. The van der Waals surface area contributed by atoms with Gasteiger partial charge in [0.1, 0.15) is 0 Å². The molecule has 0 N–H and O–H groups in total. The zero-order valence-corrected chi connectivity index (χ0v) is 9.63. The van der Waals surface area contributed by atoms with Gasteiger partial charge in [0.25, 0.3) is 0 Å². The molecule has 15 heavy (non-hydrogen) atoms. The zero-order chi connectivity index (χ0) is 10.4. The van der Waals surface area contributed by atoms with Gasteiger partial charge in [-0.05, 0) is 25.7 Å². The molecular weight excluding hydrogens is 190 g/mol. The summed E-state index contributed by atoms with van der Waals surface area (Å²) in [4.78, 5) is 2.55. The molecule has 0 aromatic rings. The summed E-state index contributed by atoms with van der Waals surface area (Å²) < 4.78 is 11.1. The fraction of sp³-hybridized carbons (Fsp3) is 1.00. The quantitative estimate of drug-likeness (QED) is 0.699. The number of likely N-dealkylation sites (tertiary alicyclic amines) is 1. The molecule has 3 nitrogen and oxygen atoms in total. The van der Waals surface area contributed by atoms with E-state index in [4.69, 9.17) is 9.47 Å². The second kappa shape index (κ2) is 3.44. The van der Waals surface area contributed by atoms with Gasteiger partial charge in [0.05, 0.1) is 12.2 Å². The number of nitrogens with zero attached hydrogens (tertiary/aromatic N) is 1. The van der Waals surface area contributed by atoms with Crippen molar-refractivity contribution in [3.8, 4) is 0 Å². The molecule has 86 valence electrons. The second-order valence-electron chi connectivity index (χ2n) is 5.71. The molecule has 1 saturated carbocycles. The highest BCUT2D eigenvalue weighted by molar-refractivity contribution is 5.04. The van der Waals surface area contributed by atoms with Crippen LogP contribution in [0.2, 0.25) is 0 Å². The van der Waals surface area contributed by atoms with Crippen LogP contribution in [0.4, 0.5) is 0 Å². The van der Waals surface area contributed by atoms with E-state index < -0.39 is 0 Å². The van der Waals surface area contributed by atoms with Crippen LogP contribution in [0.1, 0.15) is 25.7 Å². The Hall–Kier alpha value is -0.120. The van der Waals surface area contributed by atoms with Crippen LogP contribution in [0.3, 0.4) is 0 Å². The summed E-state index contributed by atoms with van der Waals surface area (Å²) in [7, 11) is 1.82. The first-order valence-electron chi connectivity index (χ1n) is 6.11. The van der Waals surface area contributed by atoms with Crippen LogP contribution in [0.15, 0.2) is 0 Å². The van der Waals surface area contributed by atoms with E-state index in [9.17, 15) is 0 Å². The van der Waals surface area contributed by atoms with Crippen molar-refractivity contribution >= 4 is 0 Å². The minimum Gasteiger partial charge on any atom is -0.384 e. The van der Waals surface area contributed by atoms with Crippen LogP contribution < -0.4 is 0 Å². The first-order valence-corrected chi connectivity index (χ1v) is 6.11. The molecule has 0 radical (unpaired) electrons. The molecule has 0 aromatic carbocycles. The summed E-state index contributed by atoms with van der Waals surface area (Å²) in [5.74, 6) is 0. The molecule has 3 rings (SSSR count). The van der Waals surface area contributed by atoms with Crippen molar-refractivity contribution in [2.75, 3.05) is 40.0 Å². The minimum absolute atomic E-state index is 0.267. The molecule has 0 atom stereocenters. The van der Waals surface area contributed by atoms with Crippen LogP contribution in [0.25, 0.3) is 0 Å². The predicted octanol–water partition coefficient (Wildman–Crippen LogP) is 1.28. The van der Waals surface area contributed by atoms with Gasteiger partial charge in [-0.3, -0.25) is 4.90 Å². The lowest BCUT2D eigenvalue weighted by atomic mass is 9.89. The molecule has 3 heteroatoms. The molecule has 0 aromatic heterocycles. The van der Waals surface area contributed by atoms with Crippen LogP contribution in [-0.4, -0.2) is 50.5 Å². The van der Waals surface area contributed by atoms with Crippen molar-refractivity contribution in [1.82, 2.24) is 4.90 Å². The number of hydrogen-bond donors (Lipinski definition) is 0. The van der Waals surface area contributed by atoms with E-state index in [-0.39, 0.29) is 5.60 Å². The molecular formula is C12H21NO2. The molecule has 0 bridgehead atoms. The van der Waals surface area contributed by atoms with Gasteiger partial charge in [0.15, 0.2) is 0 Å². The molecule has 2 saturated heterocycles. The lowest BCUT2D eigenvalue weighted by Gasteiger charge is -2.48. The summed E-state index contributed by atoms with van der Waals surface area (Å²) in [6.45, 7) is 5.48. The van der Waals surface area contributed by atoms with Gasteiger partial charge in [-0.25, -0.2) is 0 Å². The standard InChI is InChI=1S/C12H21NO2/c1-14-10-11(4-5-11)7-13-8-12(9-13)3-2-6-15-12/h2-10H2,1H3. The lowest BCUT2D eigenvalue weighted by molar-refractivity contribution is -0.118. The Bertz CT molecular complexity index is 236. The van der Waals surface area contributed by atoms with Gasteiger partial charge in [-0.1, -0.05) is 0 Å². The molecule has 1 spiro atoms. The van der Waals surface area contributed by atoms with Crippen molar-refractivity contribution in [2.45, 2.75) is 31.3 Å². The Morgan fingerprint density at radius 2 is 2.07 bits per heavy atom. The van der Waals surface area contributed by atoms with Gasteiger partial charge in [-0.15, -0.1) is 0 Å². The largest absolute Gasteiger partial charge is 0.384 e. The summed E-state index contributed by atoms with van der Waals surface area (Å²) in [6.07, 6.45) is 5.24.